The first-order valence-electron chi connectivity index (χ1n) is 9.64. The van der Waals surface area contributed by atoms with Gasteiger partial charge in [0.05, 0.1) is 24.2 Å². The highest BCUT2D eigenvalue weighted by Crippen LogP contribution is 2.31. The van der Waals surface area contributed by atoms with E-state index in [0.717, 1.165) is 0 Å². The molecule has 8 nitrogen and oxygen atoms in total. The van der Waals surface area contributed by atoms with Gasteiger partial charge in [-0.15, -0.1) is 0 Å². The van der Waals surface area contributed by atoms with Gasteiger partial charge in [-0.3, -0.25) is 19.7 Å². The Hall–Kier alpha value is -3.85. The van der Waals surface area contributed by atoms with Gasteiger partial charge in [-0.1, -0.05) is 11.6 Å². The van der Waals surface area contributed by atoms with Crippen LogP contribution in [-0.2, 0) is 0 Å². The van der Waals surface area contributed by atoms with Gasteiger partial charge in [0, 0.05) is 30.0 Å². The molecule has 3 aromatic rings. The fourth-order valence-electron chi connectivity index (χ4n) is 3.12. The molecule has 170 valence electrons. The summed E-state index contributed by atoms with van der Waals surface area (Å²) in [6.45, 7) is 0. The van der Waals surface area contributed by atoms with Gasteiger partial charge in [-0.05, 0) is 42.5 Å². The molecule has 2 aromatic carbocycles. The van der Waals surface area contributed by atoms with Crippen molar-refractivity contribution >= 4 is 28.9 Å². The smallest absolute Gasteiger partial charge is 0.310 e. The van der Waals surface area contributed by atoms with Crippen molar-refractivity contribution in [3.05, 3.63) is 80.7 Å². The first kappa shape index (κ1) is 23.8. The summed E-state index contributed by atoms with van der Waals surface area (Å²) in [5.41, 5.74) is 0.787. The number of pyridine rings is 1. The fraction of sp³-hybridized carbons (Fsp3) is 0.174. The Morgan fingerprint density at radius 3 is 2.33 bits per heavy atom. The molecule has 0 aliphatic heterocycles. The number of ketones is 2. The third-order valence-corrected chi connectivity index (χ3v) is 5.12. The number of halogens is 2. The maximum atomic E-state index is 13.5. The van der Waals surface area contributed by atoms with Gasteiger partial charge in [0.2, 0.25) is 0 Å². The van der Waals surface area contributed by atoms with Crippen LogP contribution in [0.2, 0.25) is 5.02 Å². The average molecular weight is 473 g/mol. The van der Waals surface area contributed by atoms with Crippen LogP contribution in [0.15, 0.2) is 48.5 Å². The summed E-state index contributed by atoms with van der Waals surface area (Å²) in [5.74, 6) is -1.04. The highest BCUT2D eigenvalue weighted by molar-refractivity contribution is 6.31. The number of Topliss-reactive ketones (excluding diaryl/α,β-unsaturated/α-hetero) is 2. The largest absolute Gasteiger partial charge is 0.494 e. The summed E-state index contributed by atoms with van der Waals surface area (Å²) in [5, 5.41) is 10.9. The average Bonchev–Trinajstić information content (AvgIpc) is 2.82. The number of carbonyl (C=O) groups is 2. The zero-order valence-electron chi connectivity index (χ0n) is 17.6. The van der Waals surface area contributed by atoms with Gasteiger partial charge in [-0.2, -0.15) is 0 Å². The van der Waals surface area contributed by atoms with E-state index < -0.39 is 16.5 Å². The molecule has 1 heterocycles. The van der Waals surface area contributed by atoms with Crippen LogP contribution >= 0.6 is 11.6 Å². The van der Waals surface area contributed by atoms with Gasteiger partial charge in [0.15, 0.2) is 17.3 Å². The van der Waals surface area contributed by atoms with Crippen molar-refractivity contribution in [2.75, 3.05) is 14.2 Å². The second-order valence-corrected chi connectivity index (χ2v) is 7.27. The number of ether oxygens (including phenoxy) is 2. The van der Waals surface area contributed by atoms with E-state index in [4.69, 9.17) is 21.1 Å². The number of aromatic nitrogens is 1. The van der Waals surface area contributed by atoms with Gasteiger partial charge in [0.25, 0.3) is 0 Å². The number of rotatable bonds is 9. The molecule has 0 atom stereocenters. The van der Waals surface area contributed by atoms with Crippen LogP contribution in [0.3, 0.4) is 0 Å². The van der Waals surface area contributed by atoms with Gasteiger partial charge < -0.3 is 9.47 Å². The minimum absolute atomic E-state index is 0.0448. The summed E-state index contributed by atoms with van der Waals surface area (Å²) < 4.78 is 23.8. The van der Waals surface area contributed by atoms with Crippen molar-refractivity contribution in [3.63, 3.8) is 0 Å². The maximum Gasteiger partial charge on any atom is 0.310 e. The van der Waals surface area contributed by atoms with E-state index in [2.05, 4.69) is 4.98 Å². The summed E-state index contributed by atoms with van der Waals surface area (Å²) in [6.07, 6.45) is -0.272. The molecule has 0 aliphatic carbocycles. The van der Waals surface area contributed by atoms with E-state index in [1.807, 2.05) is 0 Å². The molecule has 0 spiro atoms. The number of nitro groups is 1. The number of nitro benzene ring substituents is 1. The van der Waals surface area contributed by atoms with Gasteiger partial charge in [0.1, 0.15) is 23.0 Å². The van der Waals surface area contributed by atoms with E-state index in [1.54, 1.807) is 6.07 Å². The third-order valence-electron chi connectivity index (χ3n) is 4.83. The topological polar surface area (TPSA) is 109 Å². The van der Waals surface area contributed by atoms with Crippen LogP contribution in [-0.4, -0.2) is 35.7 Å². The molecular formula is C23H18ClFN2O6. The van der Waals surface area contributed by atoms with Crippen LogP contribution < -0.4 is 9.47 Å². The molecule has 1 aromatic heterocycles. The van der Waals surface area contributed by atoms with Gasteiger partial charge in [-0.25, -0.2) is 9.37 Å². The molecule has 33 heavy (non-hydrogen) atoms. The van der Waals surface area contributed by atoms with Crippen LogP contribution in [0, 0.1) is 15.9 Å². The summed E-state index contributed by atoms with van der Waals surface area (Å²) in [7, 11) is 2.70. The quantitative estimate of drug-likeness (QED) is 0.236. The molecule has 0 aliphatic rings. The molecule has 3 rings (SSSR count). The van der Waals surface area contributed by atoms with E-state index in [-0.39, 0.29) is 46.3 Å². The second-order valence-electron chi connectivity index (χ2n) is 6.87. The van der Waals surface area contributed by atoms with Crippen molar-refractivity contribution in [1.82, 2.24) is 4.98 Å². The number of hydrogen-bond donors (Lipinski definition) is 0. The Kier molecular flexibility index (Phi) is 7.34. The van der Waals surface area contributed by atoms with Crippen LogP contribution in [0.4, 0.5) is 10.1 Å². The lowest BCUT2D eigenvalue weighted by Crippen LogP contribution is -2.08. The lowest BCUT2D eigenvalue weighted by Gasteiger charge is -2.10. The molecule has 10 heteroatoms. The zero-order chi connectivity index (χ0) is 24.1. The summed E-state index contributed by atoms with van der Waals surface area (Å²) >= 11 is 5.86. The zero-order valence-corrected chi connectivity index (χ0v) is 18.4. The minimum Gasteiger partial charge on any atom is -0.494 e. The van der Waals surface area contributed by atoms with Crippen molar-refractivity contribution in [3.8, 4) is 22.8 Å². The molecule has 0 fully saturated rings. The molecule has 0 saturated carbocycles. The monoisotopic (exact) mass is 472 g/mol. The molecule has 0 N–H and O–H groups in total. The second kappa shape index (κ2) is 10.2. The molecule has 0 bridgehead atoms. The standard InChI is InChI=1S/C23H18ClFN2O6/c1-32-21-10-6-17(26-23(21)14-3-5-16(25)15(24)11-14)20(29)9-8-19(28)13-4-7-18(27(30)31)22(12-13)33-2/h3-7,10-12H,8-9H2,1-2H3. The Balaban J connectivity index is 1.78. The van der Waals surface area contributed by atoms with Crippen molar-refractivity contribution in [2.45, 2.75) is 12.8 Å². The highest BCUT2D eigenvalue weighted by atomic mass is 35.5. The number of hydrogen-bond acceptors (Lipinski definition) is 7. The number of nitrogens with zero attached hydrogens (tertiary/aromatic N) is 2. The van der Waals surface area contributed by atoms with E-state index in [1.165, 1.54) is 56.7 Å². The number of benzene rings is 2. The van der Waals surface area contributed by atoms with E-state index in [0.29, 0.717) is 17.0 Å². The predicted molar refractivity (Wildman–Crippen MR) is 119 cm³/mol. The molecule has 0 radical (unpaired) electrons. The Morgan fingerprint density at radius 2 is 1.70 bits per heavy atom. The van der Waals surface area contributed by atoms with Crippen molar-refractivity contribution < 1.29 is 28.4 Å². The number of carbonyl (C=O) groups excluding carboxylic acids is 2. The molecule has 0 amide bonds. The van der Waals surface area contributed by atoms with E-state index >= 15 is 0 Å². The lowest BCUT2D eigenvalue weighted by molar-refractivity contribution is -0.385. The summed E-state index contributed by atoms with van der Waals surface area (Å²) in [4.78, 5) is 39.9. The van der Waals surface area contributed by atoms with Crippen molar-refractivity contribution in [2.24, 2.45) is 0 Å². The van der Waals surface area contributed by atoms with Crippen molar-refractivity contribution in [1.29, 1.82) is 0 Å². The first-order valence-corrected chi connectivity index (χ1v) is 10.0. The Labute approximate surface area is 193 Å². The summed E-state index contributed by atoms with van der Waals surface area (Å²) in [6, 6.07) is 10.8. The third kappa shape index (κ3) is 5.32. The SMILES string of the molecule is COc1cc(C(=O)CCC(=O)c2ccc(OC)c(-c3ccc(F)c(Cl)c3)n2)ccc1[N+](=O)[O-]. The van der Waals surface area contributed by atoms with Crippen LogP contribution in [0.5, 0.6) is 11.5 Å². The fourth-order valence-corrected chi connectivity index (χ4v) is 3.30. The predicted octanol–water partition coefficient (Wildman–Crippen LogP) is 5.31. The van der Waals surface area contributed by atoms with E-state index in [9.17, 15) is 24.1 Å². The number of methoxy groups -OCH3 is 2. The van der Waals surface area contributed by atoms with Crippen LogP contribution in [0.1, 0.15) is 33.7 Å². The molecule has 0 unspecified atom stereocenters. The minimum atomic E-state index is -0.613. The Morgan fingerprint density at radius 1 is 1.00 bits per heavy atom. The maximum absolute atomic E-state index is 13.5. The molecule has 0 saturated heterocycles. The normalized spacial score (nSPS) is 10.5. The highest BCUT2D eigenvalue weighted by Gasteiger charge is 2.19. The van der Waals surface area contributed by atoms with Crippen LogP contribution in [0.25, 0.3) is 11.3 Å². The Bertz CT molecular complexity index is 1250. The molecular weight excluding hydrogens is 455 g/mol. The first-order chi connectivity index (χ1) is 15.7. The van der Waals surface area contributed by atoms with Gasteiger partial charge >= 0.3 is 5.69 Å². The lowest BCUT2D eigenvalue weighted by atomic mass is 10.0.